The van der Waals surface area contributed by atoms with Gasteiger partial charge in [-0.1, -0.05) is 118 Å². The number of sulfonamides is 2. The Kier molecular flexibility index (Phi) is 24.2. The number of allylic oxidation sites excluding steroid dienone is 4. The maximum atomic E-state index is 14.9. The zero-order chi connectivity index (χ0) is 80.2. The molecule has 4 amide bonds. The van der Waals surface area contributed by atoms with Gasteiger partial charge in [0.15, 0.2) is 11.6 Å². The van der Waals surface area contributed by atoms with Gasteiger partial charge in [-0.2, -0.15) is 0 Å². The van der Waals surface area contributed by atoms with Crippen LogP contribution in [0.15, 0.2) is 82.4 Å². The van der Waals surface area contributed by atoms with E-state index in [4.69, 9.17) is 9.47 Å². The van der Waals surface area contributed by atoms with Crippen LogP contribution in [0.4, 0.5) is 0 Å². The van der Waals surface area contributed by atoms with Crippen molar-refractivity contribution in [3.8, 4) is 11.8 Å². The first kappa shape index (κ1) is 83.2. The number of aryl methyl sites for hydroxylation is 2. The Hall–Kier alpha value is -7.74. The van der Waals surface area contributed by atoms with Crippen LogP contribution in [-0.2, 0) is 71.5 Å². The molecule has 4 aromatic rings. The molecule has 0 bridgehead atoms. The molecule has 6 fully saturated rings. The molecule has 110 heavy (non-hydrogen) atoms. The maximum Gasteiger partial charge on any atom is 0.274 e. The van der Waals surface area contributed by atoms with Gasteiger partial charge >= 0.3 is 0 Å². The van der Waals surface area contributed by atoms with Crippen LogP contribution in [0.2, 0.25) is 0 Å². The monoisotopic (exact) mass is 1560 g/mol. The van der Waals surface area contributed by atoms with Crippen LogP contribution in [-0.4, -0.2) is 140 Å². The van der Waals surface area contributed by atoms with E-state index >= 15 is 0 Å². The molecule has 6 heterocycles. The molecular weight excluding hydrogens is 1440 g/mol. The number of benzene rings is 2. The zero-order valence-electron chi connectivity index (χ0n) is 66.9. The fourth-order valence-electron chi connectivity index (χ4n) is 17.3. The summed E-state index contributed by atoms with van der Waals surface area (Å²) in [5, 5.41) is 10.9. The summed E-state index contributed by atoms with van der Waals surface area (Å²) < 4.78 is 71.3. The first-order valence-electron chi connectivity index (χ1n) is 40.0. The van der Waals surface area contributed by atoms with Gasteiger partial charge < -0.3 is 19.3 Å². The fraction of sp³-hybridized carbons (Fsp3) is 0.667. The number of ether oxygens (including phenoxy) is 2. The average molecular weight is 1560 g/mol. The normalized spacial score (nSPS) is 30.4. The van der Waals surface area contributed by atoms with Crippen molar-refractivity contribution in [3.05, 3.63) is 93.5 Å². The summed E-state index contributed by atoms with van der Waals surface area (Å²) in [6.07, 6.45) is 14.0. The van der Waals surface area contributed by atoms with E-state index in [9.17, 15) is 64.8 Å². The first-order chi connectivity index (χ1) is 51.5. The van der Waals surface area contributed by atoms with Crippen molar-refractivity contribution in [2.45, 2.75) is 272 Å². The summed E-state index contributed by atoms with van der Waals surface area (Å²) >= 11 is 0. The number of carbonyl (C=O) groups excluding carboxylic acids is 8. The molecular formula is C84H116N8O16S2. The number of nitrogens with one attached hydrogen (secondary N) is 2. The first-order valence-corrected chi connectivity index (χ1v) is 43.0. The third-order valence-electron chi connectivity index (χ3n) is 24.8. The quantitative estimate of drug-likeness (QED) is 0.0874. The van der Waals surface area contributed by atoms with Crippen molar-refractivity contribution in [2.24, 2.45) is 69.0 Å². The van der Waals surface area contributed by atoms with E-state index in [0.29, 0.717) is 98.8 Å². The molecule has 4 saturated carbocycles. The molecule has 0 radical (unpaired) electrons. The van der Waals surface area contributed by atoms with E-state index in [1.807, 2.05) is 93.5 Å². The Balaban J connectivity index is 0.000000218. The Labute approximate surface area is 647 Å². The van der Waals surface area contributed by atoms with Crippen LogP contribution < -0.4 is 30.0 Å². The Morgan fingerprint density at radius 2 is 0.873 bits per heavy atom. The summed E-state index contributed by atoms with van der Waals surface area (Å²) in [6, 6.07) is 12.1. The number of carbonyl (C=O) groups is 8. The molecule has 26 heteroatoms. The van der Waals surface area contributed by atoms with Gasteiger partial charge in [0, 0.05) is 76.3 Å². The number of amides is 4. The molecule has 4 aliphatic carbocycles. The van der Waals surface area contributed by atoms with E-state index in [1.54, 1.807) is 72.2 Å². The van der Waals surface area contributed by atoms with Crippen LogP contribution in [0.1, 0.15) is 225 Å². The van der Waals surface area contributed by atoms with Gasteiger partial charge in [0.05, 0.1) is 67.0 Å². The van der Waals surface area contributed by atoms with Crippen molar-refractivity contribution in [3.63, 3.8) is 0 Å². The molecule has 2 aromatic heterocycles. The van der Waals surface area contributed by atoms with Gasteiger partial charge in [0.2, 0.25) is 55.4 Å². The standard InChI is InChI=1S/2C42H58N4O8S/c2*1-8-46-38(50)32-16-12-11-15-31(32)36(43-46)54-30-21-34-35(48)24-42(39(51)44-55(52,53)41(7)17-18-41)22-28(42)14-10-9-13-26(2)19-27(3)33(37(49)45(34)25-30)20-29(47)23-40(4,5)6/h2*10-12,14-16,26-28,30,33-34H,8-9,13,17-25H2,1-7H3,(H,44,51)/b2*14-10-/t26-,27+,28+,30+,33-,34-,42+;26-,27-,28-,30-,33+,34+,42-/m01/s1. The number of Topliss-reactive ketones (excluding diaryl/α,β-unsaturated/α-hetero) is 4. The van der Waals surface area contributed by atoms with Gasteiger partial charge in [-0.05, 0) is 175 Å². The zero-order valence-corrected chi connectivity index (χ0v) is 68.5. The van der Waals surface area contributed by atoms with E-state index in [0.717, 1.165) is 25.7 Å². The van der Waals surface area contributed by atoms with Crippen molar-refractivity contribution >= 4 is 88.4 Å². The lowest BCUT2D eigenvalue weighted by Gasteiger charge is -2.32. The highest BCUT2D eigenvalue weighted by Crippen LogP contribution is 2.59. The Bertz CT molecular complexity index is 4390. The van der Waals surface area contributed by atoms with Crippen LogP contribution in [0.5, 0.6) is 11.8 Å². The van der Waals surface area contributed by atoms with Gasteiger partial charge in [-0.15, -0.1) is 10.2 Å². The second-order valence-corrected chi connectivity index (χ2v) is 41.1. The van der Waals surface area contributed by atoms with Gasteiger partial charge in [-0.25, -0.2) is 26.2 Å². The smallest absolute Gasteiger partial charge is 0.274 e. The lowest BCUT2D eigenvalue weighted by atomic mass is 9.79. The van der Waals surface area contributed by atoms with Crippen LogP contribution in [0, 0.1) is 69.0 Å². The molecule has 8 aliphatic rings. The van der Waals surface area contributed by atoms with E-state index in [-0.39, 0.29) is 156 Å². The number of nitrogens with zero attached hydrogens (tertiary/aromatic N) is 6. The van der Waals surface area contributed by atoms with Crippen LogP contribution in [0.25, 0.3) is 21.5 Å². The summed E-state index contributed by atoms with van der Waals surface area (Å²) in [5.74, 6) is -4.13. The third kappa shape index (κ3) is 18.3. The second kappa shape index (κ2) is 32.0. The van der Waals surface area contributed by atoms with E-state index in [2.05, 4.69) is 33.5 Å². The van der Waals surface area contributed by atoms with Crippen LogP contribution >= 0.6 is 0 Å². The summed E-state index contributed by atoms with van der Waals surface area (Å²) in [7, 11) is -7.91. The third-order valence-corrected chi connectivity index (χ3v) is 29.1. The number of rotatable bonds is 18. The van der Waals surface area contributed by atoms with Gasteiger partial charge in [0.1, 0.15) is 23.8 Å². The lowest BCUT2D eigenvalue weighted by Crippen LogP contribution is -2.48. The average Bonchev–Trinajstić information content (AvgIpc) is 1.56. The summed E-state index contributed by atoms with van der Waals surface area (Å²) in [6.45, 7) is 27.8. The predicted molar refractivity (Wildman–Crippen MR) is 419 cm³/mol. The van der Waals surface area contributed by atoms with Gasteiger partial charge in [-0.3, -0.25) is 57.4 Å². The molecule has 14 atom stereocenters. The molecule has 2 N–H and O–H groups in total. The molecule has 12 rings (SSSR count). The number of fused-ring (bicyclic) bond motifs is 6. The lowest BCUT2D eigenvalue weighted by molar-refractivity contribution is -0.145. The largest absolute Gasteiger partial charge is 0.471 e. The summed E-state index contributed by atoms with van der Waals surface area (Å²) in [5.41, 5.74) is -3.58. The molecule has 600 valence electrons. The second-order valence-electron chi connectivity index (χ2n) is 36.7. The van der Waals surface area contributed by atoms with E-state index in [1.165, 1.54) is 9.36 Å². The highest BCUT2D eigenvalue weighted by atomic mass is 32.2. The molecule has 24 nitrogen and oxygen atoms in total. The Morgan fingerprint density at radius 3 is 1.20 bits per heavy atom. The highest BCUT2D eigenvalue weighted by Gasteiger charge is 2.65. The topological polar surface area (TPSA) is 324 Å². The predicted octanol–water partition coefficient (Wildman–Crippen LogP) is 11.5. The minimum atomic E-state index is -3.95. The molecule has 0 spiro atoms. The minimum Gasteiger partial charge on any atom is -0.471 e. The molecule has 0 unspecified atom stereocenters. The van der Waals surface area contributed by atoms with Gasteiger partial charge in [0.25, 0.3) is 11.1 Å². The van der Waals surface area contributed by atoms with E-state index < -0.39 is 88.3 Å². The molecule has 4 aliphatic heterocycles. The van der Waals surface area contributed by atoms with Crippen molar-refractivity contribution in [1.82, 2.24) is 38.8 Å². The van der Waals surface area contributed by atoms with Crippen molar-refractivity contribution in [1.29, 1.82) is 0 Å². The SMILES string of the molecule is CCn1nc(O[C@@H]2C[C@H]3C(=O)C[C@]4(C(=O)NS(=O)(=O)C5(C)CC5)C[C@H]4/C=C\CC[C@@H](C)C[C@@H](C)[C@H](CC(=O)CC(C)(C)C)C(=O)N3C2)c2ccccc2c1=O.CCn1nc(O[C@@H]2C[C@H]3C(=O)C[C@]4(C(=O)NS(=O)(=O)C5(C)CC5)C[C@H]4/C=C\CC[C@H](C)C[C@@H](C)[C@H](CC(=O)CC(C)(C)C)C(=O)N3C2)c2ccccc2c1=O. The summed E-state index contributed by atoms with van der Waals surface area (Å²) in [4.78, 5) is 144. The highest BCUT2D eigenvalue weighted by molar-refractivity contribution is 7.92. The fourth-order valence-corrected chi connectivity index (χ4v) is 20.0. The number of hydrogen-bond acceptors (Lipinski definition) is 18. The van der Waals surface area contributed by atoms with Crippen molar-refractivity contribution in [2.75, 3.05) is 13.1 Å². The van der Waals surface area contributed by atoms with Crippen LogP contribution in [0.3, 0.4) is 0 Å². The number of hydrogen-bond donors (Lipinski definition) is 2. The minimum absolute atomic E-state index is 0.0133. The van der Waals surface area contributed by atoms with Crippen molar-refractivity contribution < 1.29 is 64.7 Å². The molecule has 2 aromatic carbocycles. The number of aromatic nitrogens is 4. The number of ketones is 4. The molecule has 2 saturated heterocycles. The maximum absolute atomic E-state index is 14.9. The Morgan fingerprint density at radius 1 is 0.527 bits per heavy atom.